The van der Waals surface area contributed by atoms with Crippen molar-refractivity contribution in [3.63, 3.8) is 0 Å². The minimum Gasteiger partial charge on any atom is -0.493 e. The van der Waals surface area contributed by atoms with Gasteiger partial charge < -0.3 is 40.9 Å². The van der Waals surface area contributed by atoms with Crippen LogP contribution in [0.15, 0.2) is 92.6 Å². The van der Waals surface area contributed by atoms with Gasteiger partial charge in [0.15, 0.2) is 22.3 Å². The minimum absolute atomic E-state index is 0.0280. The number of carbonyl (C=O) groups is 1. The third-order valence-corrected chi connectivity index (χ3v) is 11.8. The maximum absolute atomic E-state index is 11.6. The summed E-state index contributed by atoms with van der Waals surface area (Å²) < 4.78 is 8.06. The van der Waals surface area contributed by atoms with Gasteiger partial charge in [0.25, 0.3) is 0 Å². The van der Waals surface area contributed by atoms with Gasteiger partial charge in [0.2, 0.25) is 11.8 Å². The van der Waals surface area contributed by atoms with Crippen LogP contribution in [0.3, 0.4) is 0 Å². The summed E-state index contributed by atoms with van der Waals surface area (Å²) in [4.78, 5) is 65.7. The predicted octanol–water partition coefficient (Wildman–Crippen LogP) is 1.98. The molecular weight excluding hydrogens is 932 g/mol. The van der Waals surface area contributed by atoms with Crippen LogP contribution in [0.5, 0.6) is 11.8 Å². The van der Waals surface area contributed by atoms with Crippen LogP contribution in [0.2, 0.25) is 10.0 Å². The Bertz CT molecular complexity index is 3530. The van der Waals surface area contributed by atoms with E-state index in [0.29, 0.717) is 54.4 Å². The van der Waals surface area contributed by atoms with Crippen molar-refractivity contribution in [1.29, 1.82) is 0 Å². The zero-order chi connectivity index (χ0) is 48.0. The number of nitrogens with zero attached hydrogens (tertiary/aromatic N) is 9. The fourth-order valence-electron chi connectivity index (χ4n) is 7.93. The minimum atomic E-state index is -0.522. The highest BCUT2D eigenvalue weighted by molar-refractivity contribution is 6.31. The average molecular weight is 978 g/mol. The molecule has 10 rings (SSSR count). The van der Waals surface area contributed by atoms with Crippen LogP contribution in [0.25, 0.3) is 23.4 Å². The second-order valence-corrected chi connectivity index (χ2v) is 17.1. The molecule has 22 nitrogen and oxygen atoms in total. The Labute approximate surface area is 400 Å². The molecule has 8 aromatic rings. The van der Waals surface area contributed by atoms with E-state index < -0.39 is 11.4 Å². The van der Waals surface area contributed by atoms with Crippen LogP contribution in [0, 0.1) is 0 Å². The maximum Gasteiger partial charge on any atom is 0.326 e. The number of aromatic amines is 4. The molecule has 0 saturated carbocycles. The fourth-order valence-corrected chi connectivity index (χ4v) is 8.31. The summed E-state index contributed by atoms with van der Waals surface area (Å²) >= 11 is 12.3. The number of methoxy groups -OCH3 is 1. The fraction of sp³-hybridized carbons (Fsp3) is 0.267. The molecule has 24 heteroatoms. The number of hydrogen-bond donors (Lipinski definition) is 9. The van der Waals surface area contributed by atoms with Gasteiger partial charge >= 0.3 is 17.3 Å². The van der Waals surface area contributed by atoms with Crippen LogP contribution in [0.4, 0.5) is 23.0 Å². The summed E-state index contributed by atoms with van der Waals surface area (Å²) in [5, 5.41) is 41.1. The van der Waals surface area contributed by atoms with E-state index in [-0.39, 0.29) is 47.7 Å². The molecule has 0 amide bonds. The largest absolute Gasteiger partial charge is 0.493 e. The molecule has 0 radical (unpaired) electrons. The van der Waals surface area contributed by atoms with Crippen LogP contribution in [-0.4, -0.2) is 122 Å². The molecule has 0 bridgehead atoms. The molecule has 0 aliphatic carbocycles. The van der Waals surface area contributed by atoms with Crippen molar-refractivity contribution >= 4 is 75.6 Å². The number of benzene rings is 2. The lowest BCUT2D eigenvalue weighted by atomic mass is 10.1. The molecule has 356 valence electrons. The molecule has 69 heavy (non-hydrogen) atoms. The van der Waals surface area contributed by atoms with E-state index in [1.165, 1.54) is 7.11 Å². The van der Waals surface area contributed by atoms with Crippen molar-refractivity contribution < 1.29 is 19.7 Å². The number of H-pyrrole nitrogens is 4. The Hall–Kier alpha value is -7.79. The van der Waals surface area contributed by atoms with Crippen LogP contribution in [-0.2, 0) is 9.53 Å². The first kappa shape index (κ1) is 46.3. The number of esters is 1. The predicted molar refractivity (Wildman–Crippen MR) is 258 cm³/mol. The summed E-state index contributed by atoms with van der Waals surface area (Å²) in [6, 6.07) is 18.5. The number of anilines is 4. The van der Waals surface area contributed by atoms with Gasteiger partial charge in [-0.2, -0.15) is 19.2 Å². The van der Waals surface area contributed by atoms with E-state index >= 15 is 0 Å². The van der Waals surface area contributed by atoms with Gasteiger partial charge in [-0.3, -0.25) is 29.6 Å². The molecule has 2 aromatic carbocycles. The van der Waals surface area contributed by atoms with Crippen LogP contribution >= 0.6 is 23.2 Å². The number of likely N-dealkylation sites (tertiary alicyclic amines) is 1. The molecular formula is C45H46Cl2N16O6. The van der Waals surface area contributed by atoms with Crippen molar-refractivity contribution in [3.8, 4) is 11.8 Å². The van der Waals surface area contributed by atoms with Crippen molar-refractivity contribution in [2.45, 2.75) is 37.8 Å². The highest BCUT2D eigenvalue weighted by Crippen LogP contribution is 2.21. The van der Waals surface area contributed by atoms with Gasteiger partial charge in [0.1, 0.15) is 23.0 Å². The van der Waals surface area contributed by atoms with Crippen molar-refractivity contribution in [3.05, 3.63) is 137 Å². The topological polar surface area (TPSA) is 288 Å². The molecule has 0 spiro atoms. The molecule has 0 atom stereocenters. The Morgan fingerprint density at radius 3 is 1.65 bits per heavy atom. The number of carbonyl (C=O) groups excluding carboxylic acids is 1. The number of halogens is 2. The summed E-state index contributed by atoms with van der Waals surface area (Å²) in [5.41, 5.74) is 3.26. The molecule has 2 fully saturated rings. The maximum atomic E-state index is 11.6. The summed E-state index contributed by atoms with van der Waals surface area (Å²) in [5.74, 6) is 0.328. The monoisotopic (exact) mass is 976 g/mol. The smallest absolute Gasteiger partial charge is 0.326 e. The lowest BCUT2D eigenvalue weighted by Crippen LogP contribution is -2.39. The molecule has 2 aliphatic rings. The number of ether oxygens (including phenoxy) is 1. The molecule has 0 unspecified atom stereocenters. The van der Waals surface area contributed by atoms with Crippen molar-refractivity contribution in [2.24, 2.45) is 9.98 Å². The van der Waals surface area contributed by atoms with Crippen LogP contribution < -0.4 is 48.7 Å². The van der Waals surface area contributed by atoms with E-state index in [1.54, 1.807) is 57.8 Å². The number of nitrogens with one attached hydrogen (secondary N) is 7. The molecule has 9 N–H and O–H groups in total. The van der Waals surface area contributed by atoms with Gasteiger partial charge in [-0.1, -0.05) is 35.3 Å². The first-order valence-electron chi connectivity index (χ1n) is 21.9. The first-order chi connectivity index (χ1) is 33.4. The zero-order valence-corrected chi connectivity index (χ0v) is 38.4. The van der Waals surface area contributed by atoms with Gasteiger partial charge in [-0.05, 0) is 87.3 Å². The average Bonchev–Trinajstić information content (AvgIpc) is 4.09. The van der Waals surface area contributed by atoms with E-state index in [9.17, 15) is 24.6 Å². The number of rotatable bonds is 10. The normalized spacial score (nSPS) is 16.0. The van der Waals surface area contributed by atoms with Crippen molar-refractivity contribution in [2.75, 3.05) is 50.5 Å². The first-order valence-corrected chi connectivity index (χ1v) is 22.6. The third kappa shape index (κ3) is 11.3. The number of aromatic hydroxyl groups is 2. The SMILES string of the molecule is COC(=O)CN1CCC(N=c2cc(Nc3cccc(Cl)c3)nc3c(=Cc4[nH]c(=O)[nH]c4O)cnn23)CC1.O=c1[nH]c(O)c(C=c2cnn3c(=NC4CCNCC4)cc(Nc4cccc(Cl)c4)nc23)[nH]1. The second-order valence-electron chi connectivity index (χ2n) is 16.2. The lowest BCUT2D eigenvalue weighted by Gasteiger charge is -2.28. The van der Waals surface area contributed by atoms with Crippen molar-refractivity contribution in [1.82, 2.24) is 59.3 Å². The molecule has 6 aromatic heterocycles. The quantitative estimate of drug-likeness (QED) is 0.0887. The molecule has 8 heterocycles. The highest BCUT2D eigenvalue weighted by Gasteiger charge is 2.21. The number of fused-ring (bicyclic) bond motifs is 2. The van der Waals surface area contributed by atoms with E-state index in [4.69, 9.17) is 47.9 Å². The summed E-state index contributed by atoms with van der Waals surface area (Å²) in [6.07, 6.45) is 9.85. The van der Waals surface area contributed by atoms with Gasteiger partial charge in [0.05, 0.1) is 38.1 Å². The zero-order valence-electron chi connectivity index (χ0n) is 36.9. The number of piperidine rings is 2. The highest BCUT2D eigenvalue weighted by atomic mass is 35.5. The summed E-state index contributed by atoms with van der Waals surface area (Å²) in [6.45, 7) is 3.57. The number of aromatic nitrogens is 10. The Kier molecular flexibility index (Phi) is 13.8. The Morgan fingerprint density at radius 2 is 1.22 bits per heavy atom. The third-order valence-electron chi connectivity index (χ3n) is 11.3. The summed E-state index contributed by atoms with van der Waals surface area (Å²) in [7, 11) is 1.39. The van der Waals surface area contributed by atoms with Gasteiger partial charge in [-0.25, -0.2) is 19.6 Å². The number of hydrogen-bond acceptors (Lipinski definition) is 16. The van der Waals surface area contributed by atoms with Crippen LogP contribution in [0.1, 0.15) is 37.1 Å². The second kappa shape index (κ2) is 20.6. The van der Waals surface area contributed by atoms with E-state index in [1.807, 2.05) is 36.4 Å². The molecule has 2 saturated heterocycles. The number of imidazole rings is 2. The van der Waals surface area contributed by atoms with Gasteiger partial charge in [0, 0.05) is 57.1 Å². The van der Waals surface area contributed by atoms with Gasteiger partial charge in [-0.15, -0.1) is 0 Å². The standard InChI is InChI=1S/C24H25ClN8O4.C21H21ClN8O2/c1-37-21(34)13-32-7-5-16(6-8-32)28-20-11-19(27-17-4-2-3-15(25)10-17)30-22-14(12-26-33(20)22)9-18-23(35)31-24(36)29-18;22-13-2-1-3-15(9-13)25-17-10-18(26-14-4-6-23-7-5-14)30-19(28-17)12(11-24-30)8-16-20(31)29-21(32)27-16/h2-4,9-12,16,27,35H,5-8,13H2,1H3,(H2,29,31,36);1-3,8-11,14,23,25,31H,4-7H2,(H2,27,29,32). The van der Waals surface area contributed by atoms with E-state index in [0.717, 1.165) is 63.2 Å². The Balaban J connectivity index is 0.000000174. The lowest BCUT2D eigenvalue weighted by molar-refractivity contribution is -0.142. The Morgan fingerprint density at radius 1 is 0.739 bits per heavy atom. The van der Waals surface area contributed by atoms with E-state index in [2.05, 4.69) is 51.0 Å². The molecule has 2 aliphatic heterocycles.